The summed E-state index contributed by atoms with van der Waals surface area (Å²) in [5.41, 5.74) is -1.24. The smallest absolute Gasteiger partial charge is 0.207 e. The summed E-state index contributed by atoms with van der Waals surface area (Å²) < 4.78 is 75.8. The van der Waals surface area contributed by atoms with Crippen LogP contribution in [0.2, 0.25) is 0 Å². The van der Waals surface area contributed by atoms with E-state index in [1.54, 1.807) is 0 Å². The first kappa shape index (κ1) is 14.4. The number of halogens is 6. The molecular formula is C14H8F6. The lowest BCUT2D eigenvalue weighted by Crippen LogP contribution is -2.04. The van der Waals surface area contributed by atoms with Crippen molar-refractivity contribution < 1.29 is 26.3 Å². The molecule has 0 saturated carbocycles. The number of benzene rings is 2. The molecule has 2 aromatic carbocycles. The summed E-state index contributed by atoms with van der Waals surface area (Å²) in [6.07, 6.45) is -7.41. The van der Waals surface area contributed by atoms with E-state index in [4.69, 9.17) is 0 Å². The Kier molecular flexibility index (Phi) is 3.74. The van der Waals surface area contributed by atoms with Crippen LogP contribution in [0.4, 0.5) is 26.3 Å². The molecule has 0 radical (unpaired) electrons. The molecule has 106 valence electrons. The fraction of sp³-hybridized carbons (Fsp3) is 0.143. The summed E-state index contributed by atoms with van der Waals surface area (Å²) in [4.78, 5) is 0. The Morgan fingerprint density at radius 1 is 0.850 bits per heavy atom. The maximum Gasteiger partial charge on any atom is 0.416 e. The van der Waals surface area contributed by atoms with Crippen molar-refractivity contribution in [2.75, 3.05) is 0 Å². The number of rotatable bonds is 2. The molecule has 0 bridgehead atoms. The minimum Gasteiger partial charge on any atom is -0.207 e. The molecule has 0 spiro atoms. The quantitative estimate of drug-likeness (QED) is 0.645. The van der Waals surface area contributed by atoms with Gasteiger partial charge in [-0.1, -0.05) is 18.2 Å². The molecule has 20 heavy (non-hydrogen) atoms. The first-order valence-corrected chi connectivity index (χ1v) is 5.54. The van der Waals surface area contributed by atoms with Crippen LogP contribution in [0.3, 0.4) is 0 Å². The van der Waals surface area contributed by atoms with Gasteiger partial charge in [0.15, 0.2) is 0 Å². The van der Waals surface area contributed by atoms with Crippen LogP contribution in [0.25, 0.3) is 11.1 Å². The molecule has 6 heteroatoms. The van der Waals surface area contributed by atoms with Crippen LogP contribution >= 0.6 is 0 Å². The highest BCUT2D eigenvalue weighted by Gasteiger charge is 2.30. The van der Waals surface area contributed by atoms with Crippen molar-refractivity contribution in [1.82, 2.24) is 0 Å². The summed E-state index contributed by atoms with van der Waals surface area (Å²) in [7, 11) is 0. The molecule has 0 heterocycles. The lowest BCUT2D eigenvalue weighted by Gasteiger charge is -2.11. The average molecular weight is 290 g/mol. The molecule has 0 amide bonds. The topological polar surface area (TPSA) is 0 Å². The van der Waals surface area contributed by atoms with Crippen molar-refractivity contribution in [3.05, 3.63) is 59.4 Å². The molecule has 0 aliphatic carbocycles. The first-order chi connectivity index (χ1) is 9.29. The second-order valence-electron chi connectivity index (χ2n) is 4.11. The fourth-order valence-corrected chi connectivity index (χ4v) is 1.82. The van der Waals surface area contributed by atoms with Gasteiger partial charge in [-0.15, -0.1) is 0 Å². The van der Waals surface area contributed by atoms with Gasteiger partial charge in [0.05, 0.1) is 5.56 Å². The van der Waals surface area contributed by atoms with Crippen molar-refractivity contribution in [2.24, 2.45) is 0 Å². The van der Waals surface area contributed by atoms with E-state index in [9.17, 15) is 26.3 Å². The van der Waals surface area contributed by atoms with Crippen molar-refractivity contribution in [3.8, 4) is 11.1 Å². The van der Waals surface area contributed by atoms with Gasteiger partial charge in [-0.2, -0.15) is 13.2 Å². The van der Waals surface area contributed by atoms with Gasteiger partial charge >= 0.3 is 6.18 Å². The van der Waals surface area contributed by atoms with Gasteiger partial charge in [0, 0.05) is 5.56 Å². The first-order valence-electron chi connectivity index (χ1n) is 5.54. The molecule has 0 atom stereocenters. The zero-order valence-corrected chi connectivity index (χ0v) is 9.89. The highest BCUT2D eigenvalue weighted by Crippen LogP contribution is 2.34. The zero-order chi connectivity index (χ0) is 14.9. The Bertz CT molecular complexity index is 598. The summed E-state index contributed by atoms with van der Waals surface area (Å²) in [6, 6.07) is 6.56. The molecule has 2 rings (SSSR count). The van der Waals surface area contributed by atoms with E-state index in [1.165, 1.54) is 0 Å². The van der Waals surface area contributed by atoms with Crippen LogP contribution in [0.1, 0.15) is 17.6 Å². The maximum absolute atomic E-state index is 13.0. The van der Waals surface area contributed by atoms with Crippen LogP contribution < -0.4 is 0 Å². The van der Waals surface area contributed by atoms with Crippen LogP contribution in [-0.4, -0.2) is 0 Å². The predicted octanol–water partition coefficient (Wildman–Crippen LogP) is 5.45. The lowest BCUT2D eigenvalue weighted by molar-refractivity contribution is -0.137. The molecule has 0 aliphatic heterocycles. The number of alkyl halides is 5. The van der Waals surface area contributed by atoms with Crippen molar-refractivity contribution in [3.63, 3.8) is 0 Å². The lowest BCUT2D eigenvalue weighted by atomic mass is 9.98. The van der Waals surface area contributed by atoms with Gasteiger partial charge in [0.25, 0.3) is 6.43 Å². The second kappa shape index (κ2) is 5.19. The third-order valence-corrected chi connectivity index (χ3v) is 2.77. The second-order valence-corrected chi connectivity index (χ2v) is 4.11. The van der Waals surface area contributed by atoms with E-state index < -0.39 is 29.5 Å². The molecule has 0 aliphatic rings. The van der Waals surface area contributed by atoms with Crippen LogP contribution in [0, 0.1) is 5.82 Å². The van der Waals surface area contributed by atoms with E-state index in [-0.39, 0.29) is 11.1 Å². The summed E-state index contributed by atoms with van der Waals surface area (Å²) >= 11 is 0. The van der Waals surface area contributed by atoms with Gasteiger partial charge < -0.3 is 0 Å². The van der Waals surface area contributed by atoms with Crippen LogP contribution in [-0.2, 0) is 6.18 Å². The maximum atomic E-state index is 13.0. The van der Waals surface area contributed by atoms with Crippen molar-refractivity contribution >= 4 is 0 Å². The largest absolute Gasteiger partial charge is 0.416 e. The highest BCUT2D eigenvalue weighted by molar-refractivity contribution is 5.68. The molecular weight excluding hydrogens is 282 g/mol. The Morgan fingerprint density at radius 3 is 1.95 bits per heavy atom. The molecule has 0 N–H and O–H groups in total. The minimum atomic E-state index is -4.49. The van der Waals surface area contributed by atoms with Gasteiger partial charge in [-0.3, -0.25) is 0 Å². The molecule has 0 unspecified atom stereocenters. The zero-order valence-electron chi connectivity index (χ0n) is 9.89. The average Bonchev–Trinajstić information content (AvgIpc) is 2.37. The third-order valence-electron chi connectivity index (χ3n) is 2.77. The van der Waals surface area contributed by atoms with Gasteiger partial charge in [0.2, 0.25) is 0 Å². The molecule has 0 aromatic heterocycles. The SMILES string of the molecule is Fc1ccc(-c2ccc(C(F)(F)F)cc2)c(C(F)F)c1. The molecule has 0 fully saturated rings. The third kappa shape index (κ3) is 2.95. The molecule has 0 saturated heterocycles. The highest BCUT2D eigenvalue weighted by atomic mass is 19.4. The van der Waals surface area contributed by atoms with Gasteiger partial charge in [-0.05, 0) is 35.4 Å². The fourth-order valence-electron chi connectivity index (χ4n) is 1.82. The van der Waals surface area contributed by atoms with Gasteiger partial charge in [0.1, 0.15) is 5.82 Å². The van der Waals surface area contributed by atoms with Crippen LogP contribution in [0.15, 0.2) is 42.5 Å². The van der Waals surface area contributed by atoms with Gasteiger partial charge in [-0.25, -0.2) is 13.2 Å². The van der Waals surface area contributed by atoms with E-state index in [1.807, 2.05) is 0 Å². The Morgan fingerprint density at radius 2 is 1.45 bits per heavy atom. The van der Waals surface area contributed by atoms with Crippen molar-refractivity contribution in [2.45, 2.75) is 12.6 Å². The normalized spacial score (nSPS) is 11.9. The molecule has 0 nitrogen and oxygen atoms in total. The Hall–Kier alpha value is -1.98. The standard InChI is InChI=1S/C14H8F6/c15-10-5-6-11(12(7-10)13(16)17)8-1-3-9(4-2-8)14(18,19)20/h1-7,13H. The Labute approximate surface area is 110 Å². The van der Waals surface area contributed by atoms with E-state index in [0.29, 0.717) is 6.07 Å². The van der Waals surface area contributed by atoms with E-state index in [0.717, 1.165) is 36.4 Å². The number of hydrogen-bond donors (Lipinski definition) is 0. The van der Waals surface area contributed by atoms with Crippen molar-refractivity contribution in [1.29, 1.82) is 0 Å². The molecule has 2 aromatic rings. The monoisotopic (exact) mass is 290 g/mol. The summed E-state index contributed by atoms with van der Waals surface area (Å²) in [5.74, 6) is -0.823. The minimum absolute atomic E-state index is 0.00937. The number of hydrogen-bond acceptors (Lipinski definition) is 0. The Balaban J connectivity index is 2.47. The van der Waals surface area contributed by atoms with Crippen LogP contribution in [0.5, 0.6) is 0 Å². The van der Waals surface area contributed by atoms with E-state index >= 15 is 0 Å². The van der Waals surface area contributed by atoms with E-state index in [2.05, 4.69) is 0 Å². The predicted molar refractivity (Wildman–Crippen MR) is 61.8 cm³/mol. The summed E-state index contributed by atoms with van der Waals surface area (Å²) in [5, 5.41) is 0. The summed E-state index contributed by atoms with van der Waals surface area (Å²) in [6.45, 7) is 0.